The summed E-state index contributed by atoms with van der Waals surface area (Å²) in [6.45, 7) is 39.6. The summed E-state index contributed by atoms with van der Waals surface area (Å²) < 4.78 is 35.3. The summed E-state index contributed by atoms with van der Waals surface area (Å²) in [5.74, 6) is 5.42. The zero-order valence-corrected chi connectivity index (χ0v) is 56.7. The van der Waals surface area contributed by atoms with Crippen molar-refractivity contribution in [1.82, 2.24) is 0 Å². The van der Waals surface area contributed by atoms with Crippen molar-refractivity contribution in [2.45, 2.75) is 150 Å². The highest BCUT2D eigenvalue weighted by Crippen LogP contribution is 2.31. The molecule has 0 spiro atoms. The first-order valence-electron chi connectivity index (χ1n) is 30.6. The molecule has 6 aromatic rings. The number of hydrogen-bond acceptors (Lipinski definition) is 12. The van der Waals surface area contributed by atoms with Gasteiger partial charge in [0.1, 0.15) is 82.3 Å². The molecule has 0 fully saturated rings. The lowest BCUT2D eigenvalue weighted by molar-refractivity contribution is 0.213. The molecule has 87 heavy (non-hydrogen) atoms. The van der Waals surface area contributed by atoms with Gasteiger partial charge in [-0.3, -0.25) is 0 Å². The number of aryl methyl sites for hydroxylation is 7. The summed E-state index contributed by atoms with van der Waals surface area (Å²) >= 11 is 0. The van der Waals surface area contributed by atoms with Crippen LogP contribution in [0.4, 0.5) is 0 Å². The van der Waals surface area contributed by atoms with Crippen LogP contribution in [-0.4, -0.2) is 71.5 Å². The van der Waals surface area contributed by atoms with Gasteiger partial charge in [-0.2, -0.15) is 0 Å². The summed E-state index contributed by atoms with van der Waals surface area (Å²) in [4.78, 5) is 14.4. The number of hydrogen-bond donors (Lipinski definition) is 0. The fourth-order valence-corrected chi connectivity index (χ4v) is 8.50. The van der Waals surface area contributed by atoms with Crippen LogP contribution in [0.3, 0.4) is 0 Å². The monoisotopic (exact) mass is 1190 g/mol. The van der Waals surface area contributed by atoms with Gasteiger partial charge in [0, 0.05) is 6.42 Å². The third-order valence-corrected chi connectivity index (χ3v) is 12.7. The molecule has 0 bridgehead atoms. The lowest BCUT2D eigenvalue weighted by Crippen LogP contribution is -2.05. The van der Waals surface area contributed by atoms with Crippen molar-refractivity contribution in [3.63, 3.8) is 0 Å². The molecule has 0 atom stereocenters. The van der Waals surface area contributed by atoms with Crippen molar-refractivity contribution in [2.24, 2.45) is 15.5 Å². The molecule has 0 saturated carbocycles. The smallest absolute Gasteiger partial charge is 0.125 e. The Morgan fingerprint density at radius 2 is 0.632 bits per heavy atom. The number of ether oxygens (including phenoxy) is 6. The minimum atomic E-state index is 0.515. The Labute approximate surface area is 524 Å². The minimum Gasteiger partial charge on any atom is -0.493 e. The largest absolute Gasteiger partial charge is 0.493 e. The first-order valence-corrected chi connectivity index (χ1v) is 30.6. The molecule has 0 N–H and O–H groups in total. The molecule has 0 aromatic heterocycles. The first kappa shape index (κ1) is 76.8. The predicted molar refractivity (Wildman–Crippen MR) is 367 cm³/mol. The molecule has 0 unspecified atom stereocenters. The van der Waals surface area contributed by atoms with Crippen molar-refractivity contribution < 1.29 is 42.9 Å². The van der Waals surface area contributed by atoms with Gasteiger partial charge >= 0.3 is 0 Å². The van der Waals surface area contributed by atoms with Gasteiger partial charge in [-0.1, -0.05) is 166 Å². The summed E-state index contributed by atoms with van der Waals surface area (Å²) in [5, 5.41) is 11.9. The van der Waals surface area contributed by atoms with E-state index in [0.717, 1.165) is 127 Å². The van der Waals surface area contributed by atoms with E-state index in [2.05, 4.69) is 91.7 Å². The minimum absolute atomic E-state index is 0.515. The van der Waals surface area contributed by atoms with Crippen LogP contribution in [0, 0.1) is 41.5 Å². The van der Waals surface area contributed by atoms with E-state index in [0.29, 0.717) is 39.6 Å². The van der Waals surface area contributed by atoms with Crippen molar-refractivity contribution in [3.05, 3.63) is 212 Å². The highest BCUT2D eigenvalue weighted by atomic mass is 16.6. The number of nitrogens with zero attached hydrogens (tertiary/aromatic N) is 3. The van der Waals surface area contributed by atoms with E-state index in [1.54, 1.807) is 21.3 Å². The molecule has 0 saturated heterocycles. The van der Waals surface area contributed by atoms with E-state index in [1.807, 2.05) is 194 Å². The maximum Gasteiger partial charge on any atom is 0.125 e. The molecule has 6 aromatic carbocycles. The van der Waals surface area contributed by atoms with Crippen LogP contribution < -0.4 is 28.4 Å². The second-order valence-electron chi connectivity index (χ2n) is 19.3. The molecule has 0 aliphatic rings. The third kappa shape index (κ3) is 29.1. The van der Waals surface area contributed by atoms with Gasteiger partial charge in [0.05, 0.1) is 30.3 Å². The highest BCUT2D eigenvalue weighted by Gasteiger charge is 2.12. The predicted octanol–water partition coefficient (Wildman–Crippen LogP) is 19.2. The quantitative estimate of drug-likeness (QED) is 0.0215. The Morgan fingerprint density at radius 3 is 0.931 bits per heavy atom. The Morgan fingerprint density at radius 1 is 0.356 bits per heavy atom. The number of benzene rings is 6. The molecule has 0 heterocycles. The van der Waals surface area contributed by atoms with E-state index >= 15 is 0 Å². The van der Waals surface area contributed by atoms with Crippen LogP contribution >= 0.6 is 0 Å². The first-order chi connectivity index (χ1) is 42.1. The average Bonchev–Trinajstić information content (AvgIpc) is 3.63. The SMILES string of the molecule is C/C=C/COc1cc(C)c(OCCCc2ccc(/C(C)=N\OC)cc2)c(C)c1.C/C=C/COc1cc(C)c(OCCc2ccc(/C(C)=N\OC)cc2)c(C)c1.C/C=C/COc1cc(C)c(OCc2ccc(/C(C)=N\OC)cc2)c(C)c1.CC.CC.CC. The lowest BCUT2D eigenvalue weighted by Gasteiger charge is -2.14. The van der Waals surface area contributed by atoms with Crippen molar-refractivity contribution in [2.75, 3.05) is 54.4 Å². The van der Waals surface area contributed by atoms with E-state index in [1.165, 1.54) is 11.1 Å². The fraction of sp³-hybridized carbons (Fsp3) is 0.400. The zero-order valence-electron chi connectivity index (χ0n) is 56.7. The van der Waals surface area contributed by atoms with Crippen LogP contribution in [0.15, 0.2) is 161 Å². The van der Waals surface area contributed by atoms with Gasteiger partial charge < -0.3 is 42.9 Å². The van der Waals surface area contributed by atoms with Crippen LogP contribution in [0.2, 0.25) is 0 Å². The van der Waals surface area contributed by atoms with Crippen LogP contribution in [-0.2, 0) is 34.0 Å². The molecule has 0 radical (unpaired) electrons. The van der Waals surface area contributed by atoms with E-state index in [-0.39, 0.29) is 0 Å². The number of oxime groups is 3. The molecule has 6 rings (SSSR count). The summed E-state index contributed by atoms with van der Waals surface area (Å²) in [5.41, 5.74) is 15.9. The zero-order chi connectivity index (χ0) is 64.9. The molecule has 12 nitrogen and oxygen atoms in total. The molecular weight excluding hydrogens is 1090 g/mol. The normalized spacial score (nSPS) is 11.1. The number of allylic oxidation sites excluding steroid dienone is 3. The van der Waals surface area contributed by atoms with Crippen molar-refractivity contribution in [3.8, 4) is 34.5 Å². The molecule has 0 aliphatic carbocycles. The summed E-state index contributed by atoms with van der Waals surface area (Å²) in [6.07, 6.45) is 14.7. The summed E-state index contributed by atoms with van der Waals surface area (Å²) in [6, 6.07) is 37.0. The Hall–Kier alpha value is -8.25. The molecule has 0 aliphatic heterocycles. The van der Waals surface area contributed by atoms with E-state index in [4.69, 9.17) is 42.9 Å². The Bertz CT molecular complexity index is 2960. The average molecular weight is 1190 g/mol. The Balaban J connectivity index is 0.000000625. The fourth-order valence-electron chi connectivity index (χ4n) is 8.50. The van der Waals surface area contributed by atoms with Gasteiger partial charge in [0.2, 0.25) is 0 Å². The van der Waals surface area contributed by atoms with Crippen LogP contribution in [0.5, 0.6) is 34.5 Å². The standard InChI is InChI=1S/C24H31NO3.C23H29NO3.C22H27NO3.3C2H6/c1-6-7-14-27-23-16-18(2)24(19(3)17-23)28-15-8-9-21-10-12-22(13-11-21)20(4)25-26-5;1-6-7-13-26-22-15-17(2)23(18(3)16-22)27-14-12-20-8-10-21(11-9-20)19(4)24-25-5;1-6-7-12-25-21-13-16(2)22(17(3)14-21)26-15-19-8-10-20(11-9-19)18(4)23-24-5;3*1-2/h6-7,10-13,16-17H,8-9,14-15H2,1-5H3;6-11,15-16H,12-14H2,1-5H3;6-11,13-14H,12,15H2,1-5H3;3*1-2H3/b7-6+,25-20-;7-6+,24-19-;7-6+,23-18-;;;. The maximum atomic E-state index is 6.06. The topological polar surface area (TPSA) is 120 Å². The van der Waals surface area contributed by atoms with Crippen LogP contribution in [0.25, 0.3) is 0 Å². The van der Waals surface area contributed by atoms with Gasteiger partial charge in [-0.15, -0.1) is 0 Å². The molecule has 474 valence electrons. The van der Waals surface area contributed by atoms with Gasteiger partial charge in [0.25, 0.3) is 0 Å². The van der Waals surface area contributed by atoms with Gasteiger partial charge in [0.15, 0.2) is 0 Å². The number of rotatable bonds is 27. The molecule has 12 heteroatoms. The highest BCUT2D eigenvalue weighted by molar-refractivity contribution is 5.99. The van der Waals surface area contributed by atoms with Gasteiger partial charge in [-0.05, 0) is 199 Å². The molecule has 0 amide bonds. The van der Waals surface area contributed by atoms with Crippen LogP contribution in [0.1, 0.15) is 156 Å². The Kier molecular flexibility index (Phi) is 40.6. The summed E-state index contributed by atoms with van der Waals surface area (Å²) in [7, 11) is 4.67. The van der Waals surface area contributed by atoms with Crippen molar-refractivity contribution in [1.29, 1.82) is 0 Å². The van der Waals surface area contributed by atoms with E-state index < -0.39 is 0 Å². The van der Waals surface area contributed by atoms with E-state index in [9.17, 15) is 0 Å². The third-order valence-electron chi connectivity index (χ3n) is 12.7. The molecular formula is C75H105N3O9. The maximum absolute atomic E-state index is 6.06. The van der Waals surface area contributed by atoms with Gasteiger partial charge in [-0.25, -0.2) is 0 Å². The van der Waals surface area contributed by atoms with Crippen molar-refractivity contribution >= 4 is 17.1 Å². The second-order valence-corrected chi connectivity index (χ2v) is 19.3. The second kappa shape index (κ2) is 46.0. The lowest BCUT2D eigenvalue weighted by atomic mass is 10.1.